The average Bonchev–Trinajstić information content (AvgIpc) is 3.94. The van der Waals surface area contributed by atoms with Crippen molar-refractivity contribution in [2.75, 3.05) is 13.1 Å². The summed E-state index contributed by atoms with van der Waals surface area (Å²) in [5, 5.41) is 47.6. The average molecular weight is 841 g/mol. The minimum absolute atomic E-state index is 0.0253. The zero-order valence-corrected chi connectivity index (χ0v) is 34.1. The molecule has 326 valence electrons. The lowest BCUT2D eigenvalue weighted by Crippen LogP contribution is -2.61. The van der Waals surface area contributed by atoms with Crippen LogP contribution in [0.4, 0.5) is 0 Å². The van der Waals surface area contributed by atoms with Gasteiger partial charge in [0.15, 0.2) is 0 Å². The molecule has 0 saturated carbocycles. The third kappa shape index (κ3) is 13.3. The molecule has 5 amide bonds. The summed E-state index contributed by atoms with van der Waals surface area (Å²) < 4.78 is 0. The molecule has 0 radical (unpaired) electrons. The summed E-state index contributed by atoms with van der Waals surface area (Å²) >= 11 is 0. The zero-order chi connectivity index (χ0) is 43.9. The second kappa shape index (κ2) is 22.3. The fourth-order valence-electron chi connectivity index (χ4n) is 7.26. The van der Waals surface area contributed by atoms with Gasteiger partial charge >= 0.3 is 5.97 Å². The van der Waals surface area contributed by atoms with E-state index in [1.54, 1.807) is 48.7 Å². The van der Waals surface area contributed by atoms with Crippen molar-refractivity contribution in [1.82, 2.24) is 36.9 Å². The third-order valence-corrected chi connectivity index (χ3v) is 10.7. The molecule has 4 aromatic rings. The van der Waals surface area contributed by atoms with E-state index in [1.165, 1.54) is 19.1 Å². The van der Waals surface area contributed by atoms with Gasteiger partial charge in [-0.05, 0) is 87.0 Å². The van der Waals surface area contributed by atoms with Crippen LogP contribution in [0.1, 0.15) is 55.7 Å². The molecular weight excluding hydrogens is 785 g/mol. The highest BCUT2D eigenvalue weighted by Gasteiger charge is 2.35. The lowest BCUT2D eigenvalue weighted by Gasteiger charge is -2.28. The number of para-hydroxylation sites is 1. The first-order chi connectivity index (χ1) is 29.3. The molecule has 1 aliphatic rings. The SMILES string of the molecule is C[C@@H](O)[C@H](NC(=O)[C@H](CCCCN)NC(=O)[C@@H](Cc1c[nH]c2ccccc12)NC(=O)[C@H](Cc1ccc(O)cc1)NC(=O)[C@@H]1CCCN1)C(=O)N[C@@H](Cc1ccccc1)C(=O)O. The Bertz CT molecular complexity index is 2100. The Morgan fingerprint density at radius 2 is 1.33 bits per heavy atom. The summed E-state index contributed by atoms with van der Waals surface area (Å²) in [6.07, 6.45) is 2.52. The maximum atomic E-state index is 14.4. The standard InChI is InChI=1S/C44H56N8O9/c1-26(53)38(43(59)51-37(44(60)61)23-27-10-3-2-4-11-27)52-40(56)34(14-7-8-20-45)48-42(58)36(24-29-25-47-32-13-6-5-12-31(29)32)50-41(57)35(22-28-16-18-30(54)19-17-28)49-39(55)33-15-9-21-46-33/h2-6,10-13,16-19,25-26,33-38,46-47,53-54H,7-9,14-15,20-24,45H2,1H3,(H,48,58)(H,49,55)(H,50,57)(H,51,59)(H,52,56)(H,60,61)/t26-,33+,34+,35+,36-,37+,38+/m1/s1. The van der Waals surface area contributed by atoms with E-state index >= 15 is 0 Å². The number of aromatic nitrogens is 1. The van der Waals surface area contributed by atoms with Crippen LogP contribution in [-0.2, 0) is 48.0 Å². The van der Waals surface area contributed by atoms with Gasteiger partial charge in [0.1, 0.15) is 36.0 Å². The number of phenolic OH excluding ortho intramolecular Hbond substituents is 1. The Hall–Kier alpha value is -6.30. The van der Waals surface area contributed by atoms with Crippen LogP contribution in [0.5, 0.6) is 5.75 Å². The highest BCUT2D eigenvalue weighted by molar-refractivity contribution is 5.97. The number of carbonyl (C=O) groups is 6. The van der Waals surface area contributed by atoms with Crippen molar-refractivity contribution in [3.8, 4) is 5.75 Å². The number of benzene rings is 3. The van der Waals surface area contributed by atoms with Gasteiger partial charge < -0.3 is 57.9 Å². The highest BCUT2D eigenvalue weighted by Crippen LogP contribution is 2.20. The summed E-state index contributed by atoms with van der Waals surface area (Å²) in [5.41, 5.74) is 8.51. The number of phenols is 1. The zero-order valence-electron chi connectivity index (χ0n) is 34.1. The van der Waals surface area contributed by atoms with Crippen LogP contribution in [0.15, 0.2) is 85.1 Å². The van der Waals surface area contributed by atoms with E-state index in [2.05, 4.69) is 36.9 Å². The maximum absolute atomic E-state index is 14.4. The van der Waals surface area contributed by atoms with Crippen LogP contribution in [0, 0.1) is 0 Å². The van der Waals surface area contributed by atoms with E-state index in [9.17, 15) is 44.1 Å². The molecule has 7 atom stereocenters. The van der Waals surface area contributed by atoms with Crippen LogP contribution < -0.4 is 37.6 Å². The number of nitrogens with one attached hydrogen (secondary N) is 7. The molecule has 0 unspecified atom stereocenters. The number of carbonyl (C=O) groups excluding carboxylic acids is 5. The molecule has 0 aliphatic carbocycles. The van der Waals surface area contributed by atoms with Gasteiger partial charge in [-0.2, -0.15) is 0 Å². The quantitative estimate of drug-likeness (QED) is 0.0490. The number of unbranched alkanes of at least 4 members (excludes halogenated alkanes) is 1. The summed E-state index contributed by atoms with van der Waals surface area (Å²) in [5.74, 6) is -4.86. The molecule has 12 N–H and O–H groups in total. The molecule has 1 aliphatic heterocycles. The molecule has 1 fully saturated rings. The fourth-order valence-corrected chi connectivity index (χ4v) is 7.26. The Morgan fingerprint density at radius 3 is 1.98 bits per heavy atom. The Morgan fingerprint density at radius 1 is 0.721 bits per heavy atom. The molecule has 1 saturated heterocycles. The number of nitrogens with two attached hydrogens (primary N) is 1. The van der Waals surface area contributed by atoms with Gasteiger partial charge in [0.25, 0.3) is 0 Å². The first-order valence-corrected chi connectivity index (χ1v) is 20.6. The van der Waals surface area contributed by atoms with E-state index in [-0.39, 0.29) is 37.3 Å². The predicted molar refractivity (Wildman–Crippen MR) is 227 cm³/mol. The van der Waals surface area contributed by atoms with E-state index in [0.29, 0.717) is 49.0 Å². The number of fused-ring (bicyclic) bond motifs is 1. The van der Waals surface area contributed by atoms with Crippen molar-refractivity contribution in [3.05, 3.63) is 102 Å². The van der Waals surface area contributed by atoms with E-state index in [4.69, 9.17) is 5.73 Å². The number of rotatable bonds is 22. The number of H-pyrrole nitrogens is 1. The summed E-state index contributed by atoms with van der Waals surface area (Å²) in [6, 6.07) is 15.1. The number of hydrogen-bond acceptors (Lipinski definition) is 10. The number of aliphatic hydroxyl groups excluding tert-OH is 1. The first-order valence-electron chi connectivity index (χ1n) is 20.6. The van der Waals surface area contributed by atoms with Gasteiger partial charge in [-0.3, -0.25) is 24.0 Å². The van der Waals surface area contributed by atoms with Gasteiger partial charge in [-0.25, -0.2) is 4.79 Å². The number of aliphatic hydroxyl groups is 1. The minimum Gasteiger partial charge on any atom is -0.508 e. The molecular formula is C44H56N8O9. The van der Waals surface area contributed by atoms with Crippen molar-refractivity contribution in [2.24, 2.45) is 5.73 Å². The highest BCUT2D eigenvalue weighted by atomic mass is 16.4. The maximum Gasteiger partial charge on any atom is 0.326 e. The Labute approximate surface area is 353 Å². The largest absolute Gasteiger partial charge is 0.508 e. The second-order valence-electron chi connectivity index (χ2n) is 15.4. The van der Waals surface area contributed by atoms with E-state index in [0.717, 1.165) is 17.3 Å². The monoisotopic (exact) mass is 840 g/mol. The number of carboxylic acid groups (broad SMARTS) is 1. The third-order valence-electron chi connectivity index (χ3n) is 10.7. The number of aromatic hydroxyl groups is 1. The van der Waals surface area contributed by atoms with Crippen molar-refractivity contribution >= 4 is 46.4 Å². The lowest BCUT2D eigenvalue weighted by atomic mass is 10.0. The van der Waals surface area contributed by atoms with Crippen LogP contribution >= 0.6 is 0 Å². The van der Waals surface area contributed by atoms with Crippen molar-refractivity contribution < 1.29 is 44.1 Å². The number of aromatic amines is 1. The Kier molecular flexibility index (Phi) is 16.8. The molecule has 3 aromatic carbocycles. The number of amides is 5. The van der Waals surface area contributed by atoms with Gasteiger partial charge in [-0.15, -0.1) is 0 Å². The summed E-state index contributed by atoms with van der Waals surface area (Å²) in [6.45, 7) is 2.21. The van der Waals surface area contributed by atoms with Crippen molar-refractivity contribution in [2.45, 2.75) is 101 Å². The lowest BCUT2D eigenvalue weighted by molar-refractivity contribution is -0.143. The van der Waals surface area contributed by atoms with E-state index in [1.807, 2.05) is 24.3 Å². The topological polar surface area (TPSA) is 277 Å². The number of aliphatic carboxylic acids is 1. The smallest absolute Gasteiger partial charge is 0.326 e. The molecule has 17 heteroatoms. The molecule has 2 heterocycles. The van der Waals surface area contributed by atoms with Gasteiger partial charge in [0, 0.05) is 36.4 Å². The number of hydrogen-bond donors (Lipinski definition) is 11. The van der Waals surface area contributed by atoms with E-state index < -0.39 is 72.0 Å². The molecule has 0 spiro atoms. The first kappa shape index (κ1) is 45.8. The van der Waals surface area contributed by atoms with Gasteiger partial charge in [0.05, 0.1) is 12.1 Å². The summed E-state index contributed by atoms with van der Waals surface area (Å²) in [4.78, 5) is 84.8. The Balaban J connectivity index is 1.38. The number of carboxylic acids is 1. The van der Waals surface area contributed by atoms with Crippen molar-refractivity contribution in [3.63, 3.8) is 0 Å². The van der Waals surface area contributed by atoms with Crippen molar-refractivity contribution in [1.29, 1.82) is 0 Å². The minimum atomic E-state index is -1.60. The van der Waals surface area contributed by atoms with Crippen LogP contribution in [-0.4, -0.2) is 111 Å². The fraction of sp³-hybridized carbons (Fsp3) is 0.409. The molecule has 5 rings (SSSR count). The molecule has 61 heavy (non-hydrogen) atoms. The van der Waals surface area contributed by atoms with Crippen LogP contribution in [0.25, 0.3) is 10.9 Å². The predicted octanol–water partition coefficient (Wildman–Crippen LogP) is 0.672. The second-order valence-corrected chi connectivity index (χ2v) is 15.4. The van der Waals surface area contributed by atoms with Gasteiger partial charge in [-0.1, -0.05) is 60.7 Å². The molecule has 1 aromatic heterocycles. The van der Waals surface area contributed by atoms with Crippen LogP contribution in [0.3, 0.4) is 0 Å². The van der Waals surface area contributed by atoms with Gasteiger partial charge in [0.2, 0.25) is 29.5 Å². The van der Waals surface area contributed by atoms with Crippen LogP contribution in [0.2, 0.25) is 0 Å². The normalized spacial score (nSPS) is 16.6. The summed E-state index contributed by atoms with van der Waals surface area (Å²) in [7, 11) is 0. The molecule has 17 nitrogen and oxygen atoms in total. The molecule has 0 bridgehead atoms.